The van der Waals surface area contributed by atoms with Crippen molar-refractivity contribution in [3.05, 3.63) is 22.2 Å². The van der Waals surface area contributed by atoms with E-state index in [-0.39, 0.29) is 12.0 Å². The van der Waals surface area contributed by atoms with Crippen LogP contribution in [0, 0.1) is 5.92 Å². The average Bonchev–Trinajstić information content (AvgIpc) is 2.87. The van der Waals surface area contributed by atoms with Gasteiger partial charge in [-0.3, -0.25) is 4.79 Å². The molecule has 2 rings (SSSR count). The molecule has 2 atom stereocenters. The number of carbonyl (C=O) groups is 1. The molecule has 104 valence electrons. The fourth-order valence-electron chi connectivity index (χ4n) is 2.40. The second-order valence-electron chi connectivity index (χ2n) is 4.43. The molecule has 1 aliphatic heterocycles. The minimum atomic E-state index is -0.770. The Kier molecular flexibility index (Phi) is 4.31. The topological polar surface area (TPSA) is 67.8 Å². The van der Waals surface area contributed by atoms with Gasteiger partial charge in [-0.05, 0) is 18.6 Å². The van der Waals surface area contributed by atoms with Gasteiger partial charge < -0.3 is 19.9 Å². The lowest BCUT2D eigenvalue weighted by molar-refractivity contribution is -0.141. The lowest BCUT2D eigenvalue weighted by Crippen LogP contribution is -2.17. The molecule has 0 amide bonds. The molecular weight excluding hydrogens is 314 g/mol. The zero-order chi connectivity index (χ0) is 14.0. The highest BCUT2D eigenvalue weighted by molar-refractivity contribution is 9.10. The lowest BCUT2D eigenvalue weighted by atomic mass is 9.99. The number of hydrogen-bond acceptors (Lipinski definition) is 4. The van der Waals surface area contributed by atoms with E-state index in [1.54, 1.807) is 14.2 Å². The number of rotatable bonds is 4. The minimum Gasteiger partial charge on any atom is -0.493 e. The van der Waals surface area contributed by atoms with Crippen LogP contribution in [0.1, 0.15) is 18.0 Å². The van der Waals surface area contributed by atoms with E-state index in [0.717, 1.165) is 10.0 Å². The molecule has 19 heavy (non-hydrogen) atoms. The maximum absolute atomic E-state index is 11.0. The molecule has 6 heteroatoms. The second kappa shape index (κ2) is 5.79. The van der Waals surface area contributed by atoms with Gasteiger partial charge in [-0.15, -0.1) is 0 Å². The predicted octanol–water partition coefficient (Wildman–Crippen LogP) is 2.20. The monoisotopic (exact) mass is 329 g/mol. The van der Waals surface area contributed by atoms with Crippen molar-refractivity contribution in [2.24, 2.45) is 5.92 Å². The van der Waals surface area contributed by atoms with Crippen molar-refractivity contribution in [2.75, 3.05) is 20.8 Å². The quantitative estimate of drug-likeness (QED) is 0.886. The SMILES string of the molecule is COc1ccc(Br)c(C2CC(C(=O)O)CN2)c1OC. The Labute approximate surface area is 120 Å². The van der Waals surface area contributed by atoms with Gasteiger partial charge in [-0.25, -0.2) is 0 Å². The Morgan fingerprint density at radius 1 is 1.42 bits per heavy atom. The molecule has 2 unspecified atom stereocenters. The van der Waals surface area contributed by atoms with Crippen molar-refractivity contribution in [3.63, 3.8) is 0 Å². The van der Waals surface area contributed by atoms with Crippen molar-refractivity contribution in [3.8, 4) is 11.5 Å². The summed E-state index contributed by atoms with van der Waals surface area (Å²) in [6.07, 6.45) is 0.539. The van der Waals surface area contributed by atoms with E-state index >= 15 is 0 Å². The van der Waals surface area contributed by atoms with Crippen LogP contribution in [0.2, 0.25) is 0 Å². The molecule has 0 bridgehead atoms. The Balaban J connectivity index is 2.37. The molecule has 0 aliphatic carbocycles. The molecule has 0 aromatic heterocycles. The highest BCUT2D eigenvalue weighted by Crippen LogP contribution is 2.43. The van der Waals surface area contributed by atoms with E-state index in [4.69, 9.17) is 14.6 Å². The summed E-state index contributed by atoms with van der Waals surface area (Å²) in [5.74, 6) is 0.141. The average molecular weight is 330 g/mol. The van der Waals surface area contributed by atoms with Crippen molar-refractivity contribution in [1.29, 1.82) is 0 Å². The third-order valence-corrected chi connectivity index (χ3v) is 4.05. The molecule has 1 aliphatic rings. The summed E-state index contributed by atoms with van der Waals surface area (Å²) in [6, 6.07) is 3.64. The van der Waals surface area contributed by atoms with Crippen LogP contribution in [0.4, 0.5) is 0 Å². The third kappa shape index (κ3) is 2.69. The first kappa shape index (κ1) is 14.1. The number of benzene rings is 1. The molecule has 1 heterocycles. The van der Waals surface area contributed by atoms with Gasteiger partial charge in [0.25, 0.3) is 0 Å². The summed E-state index contributed by atoms with van der Waals surface area (Å²) in [4.78, 5) is 11.0. The molecule has 1 saturated heterocycles. The van der Waals surface area contributed by atoms with E-state index < -0.39 is 5.97 Å². The fourth-order valence-corrected chi connectivity index (χ4v) is 2.98. The van der Waals surface area contributed by atoms with Crippen LogP contribution < -0.4 is 14.8 Å². The number of methoxy groups -OCH3 is 2. The third-order valence-electron chi connectivity index (χ3n) is 3.36. The largest absolute Gasteiger partial charge is 0.493 e. The summed E-state index contributed by atoms with van der Waals surface area (Å²) in [5, 5.41) is 12.3. The summed E-state index contributed by atoms with van der Waals surface area (Å²) < 4.78 is 11.6. The van der Waals surface area contributed by atoms with Crippen LogP contribution in [0.3, 0.4) is 0 Å². The normalized spacial score (nSPS) is 22.3. The minimum absolute atomic E-state index is 0.0551. The number of aliphatic carboxylic acids is 1. The van der Waals surface area contributed by atoms with Gasteiger partial charge in [0.1, 0.15) is 0 Å². The lowest BCUT2D eigenvalue weighted by Gasteiger charge is -2.19. The zero-order valence-corrected chi connectivity index (χ0v) is 12.4. The molecular formula is C13H16BrNO4. The Bertz CT molecular complexity index is 492. The first-order chi connectivity index (χ1) is 9.08. The molecule has 0 radical (unpaired) electrons. The predicted molar refractivity (Wildman–Crippen MR) is 73.7 cm³/mol. The molecule has 0 spiro atoms. The molecule has 2 N–H and O–H groups in total. The summed E-state index contributed by atoms with van der Waals surface area (Å²) in [5.41, 5.74) is 0.908. The van der Waals surface area contributed by atoms with Gasteiger partial charge in [0.15, 0.2) is 11.5 Å². The first-order valence-corrected chi connectivity index (χ1v) is 6.74. The smallest absolute Gasteiger partial charge is 0.307 e. The van der Waals surface area contributed by atoms with Gasteiger partial charge in [-0.2, -0.15) is 0 Å². The highest BCUT2D eigenvalue weighted by Gasteiger charge is 2.33. The van der Waals surface area contributed by atoms with Gasteiger partial charge in [0.05, 0.1) is 20.1 Å². The first-order valence-electron chi connectivity index (χ1n) is 5.95. The number of halogens is 1. The second-order valence-corrected chi connectivity index (χ2v) is 5.28. The maximum Gasteiger partial charge on any atom is 0.307 e. The zero-order valence-electron chi connectivity index (χ0n) is 10.8. The number of hydrogen-bond donors (Lipinski definition) is 2. The number of nitrogens with one attached hydrogen (secondary N) is 1. The molecule has 1 aromatic carbocycles. The van der Waals surface area contributed by atoms with Crippen LogP contribution >= 0.6 is 15.9 Å². The summed E-state index contributed by atoms with van der Waals surface area (Å²) in [7, 11) is 3.16. The van der Waals surface area contributed by atoms with Crippen LogP contribution in [-0.4, -0.2) is 31.8 Å². The van der Waals surface area contributed by atoms with Crippen molar-refractivity contribution in [1.82, 2.24) is 5.32 Å². The van der Waals surface area contributed by atoms with E-state index in [9.17, 15) is 4.79 Å². The van der Waals surface area contributed by atoms with Crippen LogP contribution in [0.15, 0.2) is 16.6 Å². The van der Waals surface area contributed by atoms with E-state index in [1.165, 1.54) is 0 Å². The van der Waals surface area contributed by atoms with Crippen LogP contribution in [0.25, 0.3) is 0 Å². The number of carboxylic acid groups (broad SMARTS) is 1. The van der Waals surface area contributed by atoms with Crippen molar-refractivity contribution >= 4 is 21.9 Å². The van der Waals surface area contributed by atoms with Crippen LogP contribution in [0.5, 0.6) is 11.5 Å². The van der Waals surface area contributed by atoms with Crippen molar-refractivity contribution in [2.45, 2.75) is 12.5 Å². The van der Waals surface area contributed by atoms with E-state index in [1.807, 2.05) is 12.1 Å². The standard InChI is InChI=1S/C13H16BrNO4/c1-18-10-4-3-8(14)11(12(10)19-2)9-5-7(6-15-9)13(16)17/h3-4,7,9,15H,5-6H2,1-2H3,(H,16,17). The maximum atomic E-state index is 11.0. The Morgan fingerprint density at radius 3 is 2.68 bits per heavy atom. The van der Waals surface area contributed by atoms with E-state index in [2.05, 4.69) is 21.2 Å². The molecule has 1 aromatic rings. The number of ether oxygens (including phenoxy) is 2. The van der Waals surface area contributed by atoms with Crippen molar-refractivity contribution < 1.29 is 19.4 Å². The van der Waals surface area contributed by atoms with Crippen LogP contribution in [-0.2, 0) is 4.79 Å². The molecule has 1 fully saturated rings. The number of carboxylic acids is 1. The van der Waals surface area contributed by atoms with Gasteiger partial charge in [0, 0.05) is 22.6 Å². The Morgan fingerprint density at radius 2 is 2.16 bits per heavy atom. The summed E-state index contributed by atoms with van der Waals surface area (Å²) in [6.45, 7) is 0.465. The summed E-state index contributed by atoms with van der Waals surface area (Å²) >= 11 is 3.50. The molecule has 0 saturated carbocycles. The fraction of sp³-hybridized carbons (Fsp3) is 0.462. The van der Waals surface area contributed by atoms with Gasteiger partial charge >= 0.3 is 5.97 Å². The highest BCUT2D eigenvalue weighted by atomic mass is 79.9. The Hall–Kier alpha value is -1.27. The van der Waals surface area contributed by atoms with Gasteiger partial charge in [0.2, 0.25) is 0 Å². The van der Waals surface area contributed by atoms with E-state index in [0.29, 0.717) is 24.5 Å². The van der Waals surface area contributed by atoms with Gasteiger partial charge in [-0.1, -0.05) is 15.9 Å². The molecule has 5 nitrogen and oxygen atoms in total.